The van der Waals surface area contributed by atoms with E-state index < -0.39 is 18.8 Å². The summed E-state index contributed by atoms with van der Waals surface area (Å²) in [6.07, 6.45) is 0. The zero-order chi connectivity index (χ0) is 15.1. The lowest BCUT2D eigenvalue weighted by Crippen LogP contribution is -2.14. The van der Waals surface area contributed by atoms with Gasteiger partial charge in [0, 0.05) is 10.0 Å². The van der Waals surface area contributed by atoms with Crippen LogP contribution in [-0.4, -0.2) is 16.9 Å². The molecule has 0 saturated heterocycles. The summed E-state index contributed by atoms with van der Waals surface area (Å²) in [6.45, 7) is 0. The highest BCUT2D eigenvalue weighted by atomic mass is 79.9. The predicted octanol–water partition coefficient (Wildman–Crippen LogP) is 3.84. The lowest BCUT2D eigenvalue weighted by Gasteiger charge is -2.20. The molecule has 20 heavy (non-hydrogen) atoms. The summed E-state index contributed by atoms with van der Waals surface area (Å²) in [4.78, 5) is 17.6. The summed E-state index contributed by atoms with van der Waals surface area (Å²) < 4.78 is 43.5. The van der Waals surface area contributed by atoms with Gasteiger partial charge in [-0.2, -0.15) is 8.78 Å². The van der Waals surface area contributed by atoms with Gasteiger partial charge in [-0.3, -0.25) is 4.57 Å². The number of ether oxygens (including phenoxy) is 1. The Bertz CT molecular complexity index is 714. The van der Waals surface area contributed by atoms with Crippen LogP contribution in [0.25, 0.3) is 10.8 Å². The van der Waals surface area contributed by atoms with Crippen molar-refractivity contribution < 1.29 is 27.9 Å². The van der Waals surface area contributed by atoms with E-state index in [1.807, 2.05) is 0 Å². The molecule has 0 spiro atoms. The number of halogens is 3. The summed E-state index contributed by atoms with van der Waals surface area (Å²) >= 11 is 2.93. The molecule has 108 valence electrons. The van der Waals surface area contributed by atoms with Gasteiger partial charge in [0.25, 0.3) is 0 Å². The van der Waals surface area contributed by atoms with Crippen LogP contribution in [0.4, 0.5) is 8.78 Å². The van der Waals surface area contributed by atoms with Crippen molar-refractivity contribution in [2.45, 2.75) is 5.66 Å². The molecule has 0 aromatic heterocycles. The Kier molecular flexibility index (Phi) is 3.90. The van der Waals surface area contributed by atoms with E-state index >= 15 is 0 Å². The molecule has 0 heterocycles. The molecule has 0 unspecified atom stereocenters. The average molecular weight is 367 g/mol. The Balaban J connectivity index is 2.71. The maximum absolute atomic E-state index is 13.8. The summed E-state index contributed by atoms with van der Waals surface area (Å²) in [6, 6.07) is 7.27. The molecule has 0 bridgehead atoms. The third-order valence-electron chi connectivity index (χ3n) is 2.82. The second kappa shape index (κ2) is 5.07. The Morgan fingerprint density at radius 3 is 2.40 bits per heavy atom. The highest BCUT2D eigenvalue weighted by Gasteiger charge is 2.51. The van der Waals surface area contributed by atoms with E-state index in [9.17, 15) is 13.3 Å². The summed E-state index contributed by atoms with van der Waals surface area (Å²) in [5.41, 5.74) is -5.02. The molecular formula is C12H10BrF2O4P. The standard InChI is InChI=1S/C12H10BrF2O4P/c1-19-9-3-2-7-6-11(13)10(5-8(7)4-9)12(14,15)20(16,17)18/h2-6H,1H3,(H2,16,17,18). The smallest absolute Gasteiger partial charge is 0.399 e. The Morgan fingerprint density at radius 1 is 1.20 bits per heavy atom. The molecule has 8 heteroatoms. The Morgan fingerprint density at radius 2 is 1.85 bits per heavy atom. The van der Waals surface area contributed by atoms with E-state index in [-0.39, 0.29) is 4.47 Å². The van der Waals surface area contributed by atoms with Crippen LogP contribution in [0.3, 0.4) is 0 Å². The van der Waals surface area contributed by atoms with Crippen LogP contribution in [0.5, 0.6) is 5.75 Å². The fourth-order valence-electron chi connectivity index (χ4n) is 1.76. The molecule has 0 atom stereocenters. The van der Waals surface area contributed by atoms with Crippen molar-refractivity contribution in [3.63, 3.8) is 0 Å². The minimum absolute atomic E-state index is 0.0662. The molecule has 2 aromatic rings. The first-order valence-electron chi connectivity index (χ1n) is 5.38. The van der Waals surface area contributed by atoms with Gasteiger partial charge in [0.1, 0.15) is 5.75 Å². The van der Waals surface area contributed by atoms with Crippen LogP contribution in [-0.2, 0) is 10.2 Å². The molecule has 0 aliphatic heterocycles. The van der Waals surface area contributed by atoms with Gasteiger partial charge in [0.15, 0.2) is 0 Å². The molecule has 2 aromatic carbocycles. The number of fused-ring (bicyclic) bond motifs is 1. The van der Waals surface area contributed by atoms with Crippen LogP contribution in [0, 0.1) is 0 Å². The largest absolute Gasteiger partial charge is 0.497 e. The van der Waals surface area contributed by atoms with E-state index in [1.165, 1.54) is 19.2 Å². The van der Waals surface area contributed by atoms with Crippen molar-refractivity contribution in [1.82, 2.24) is 0 Å². The molecule has 0 fully saturated rings. The van der Waals surface area contributed by atoms with Crippen molar-refractivity contribution in [1.29, 1.82) is 0 Å². The van der Waals surface area contributed by atoms with Gasteiger partial charge in [-0.1, -0.05) is 22.0 Å². The fourth-order valence-corrected chi connectivity index (χ4v) is 3.02. The highest BCUT2D eigenvalue weighted by molar-refractivity contribution is 9.10. The van der Waals surface area contributed by atoms with Gasteiger partial charge in [-0.05, 0) is 35.0 Å². The number of alkyl halides is 2. The molecule has 2 rings (SSSR count). The number of hydrogen-bond acceptors (Lipinski definition) is 2. The molecule has 2 N–H and O–H groups in total. The van der Waals surface area contributed by atoms with E-state index in [0.717, 1.165) is 6.07 Å². The van der Waals surface area contributed by atoms with Crippen LogP contribution < -0.4 is 4.74 Å². The lowest BCUT2D eigenvalue weighted by atomic mass is 10.1. The van der Waals surface area contributed by atoms with E-state index in [0.29, 0.717) is 16.5 Å². The van der Waals surface area contributed by atoms with Gasteiger partial charge in [-0.25, -0.2) is 0 Å². The third kappa shape index (κ3) is 2.59. The Hall–Kier alpha value is -1.01. The zero-order valence-corrected chi connectivity index (χ0v) is 12.7. The quantitative estimate of drug-likeness (QED) is 0.810. The average Bonchev–Trinajstić information content (AvgIpc) is 2.35. The van der Waals surface area contributed by atoms with E-state index in [2.05, 4.69) is 15.9 Å². The molecule has 0 saturated carbocycles. The van der Waals surface area contributed by atoms with Crippen molar-refractivity contribution in [3.8, 4) is 5.75 Å². The number of benzene rings is 2. The van der Waals surface area contributed by atoms with Crippen LogP contribution in [0.1, 0.15) is 5.56 Å². The highest BCUT2D eigenvalue weighted by Crippen LogP contribution is 2.60. The first-order valence-corrected chi connectivity index (χ1v) is 7.78. The predicted molar refractivity (Wildman–Crippen MR) is 74.1 cm³/mol. The topological polar surface area (TPSA) is 66.8 Å². The van der Waals surface area contributed by atoms with Gasteiger partial charge in [0.05, 0.1) is 7.11 Å². The van der Waals surface area contributed by atoms with Gasteiger partial charge in [-0.15, -0.1) is 0 Å². The van der Waals surface area contributed by atoms with Crippen LogP contribution in [0.15, 0.2) is 34.8 Å². The third-order valence-corrected chi connectivity index (χ3v) is 4.45. The van der Waals surface area contributed by atoms with Crippen molar-refractivity contribution >= 4 is 34.3 Å². The fraction of sp³-hybridized carbons (Fsp3) is 0.167. The number of methoxy groups -OCH3 is 1. The first-order chi connectivity index (χ1) is 9.16. The van der Waals surface area contributed by atoms with Gasteiger partial charge >= 0.3 is 13.3 Å². The zero-order valence-electron chi connectivity index (χ0n) is 10.2. The monoisotopic (exact) mass is 366 g/mol. The van der Waals surface area contributed by atoms with E-state index in [1.54, 1.807) is 12.1 Å². The normalized spacial score (nSPS) is 12.7. The lowest BCUT2D eigenvalue weighted by molar-refractivity contribution is 0.0559. The molecule has 0 amide bonds. The maximum Gasteiger partial charge on any atom is 0.399 e. The van der Waals surface area contributed by atoms with Gasteiger partial charge < -0.3 is 14.5 Å². The SMILES string of the molecule is COc1ccc2cc(Br)c(C(F)(F)P(=O)(O)O)cc2c1. The number of rotatable bonds is 3. The van der Waals surface area contributed by atoms with Crippen LogP contribution in [0.2, 0.25) is 0 Å². The Labute approximate surface area is 121 Å². The second-order valence-corrected chi connectivity index (χ2v) is 6.63. The van der Waals surface area contributed by atoms with Crippen LogP contribution >= 0.6 is 23.5 Å². The molecule has 0 aliphatic carbocycles. The maximum atomic E-state index is 13.8. The summed E-state index contributed by atoms with van der Waals surface area (Å²) in [5.74, 6) is 0.463. The van der Waals surface area contributed by atoms with Crippen molar-refractivity contribution in [3.05, 3.63) is 40.4 Å². The molecule has 4 nitrogen and oxygen atoms in total. The molecular weight excluding hydrogens is 357 g/mol. The van der Waals surface area contributed by atoms with Crippen molar-refractivity contribution in [2.24, 2.45) is 0 Å². The second-order valence-electron chi connectivity index (χ2n) is 4.13. The van der Waals surface area contributed by atoms with Crippen molar-refractivity contribution in [2.75, 3.05) is 7.11 Å². The minimum atomic E-state index is -5.61. The summed E-state index contributed by atoms with van der Waals surface area (Å²) in [5, 5.41) is 1.04. The first kappa shape index (κ1) is 15.4. The minimum Gasteiger partial charge on any atom is -0.497 e. The molecule has 0 radical (unpaired) electrons. The number of hydrogen-bond donors (Lipinski definition) is 2. The van der Waals surface area contributed by atoms with E-state index in [4.69, 9.17) is 14.5 Å². The molecule has 0 aliphatic rings. The van der Waals surface area contributed by atoms with Gasteiger partial charge in [0.2, 0.25) is 0 Å². The summed E-state index contributed by atoms with van der Waals surface area (Å²) in [7, 11) is -4.17.